The number of rotatable bonds is 3. The van der Waals surface area contributed by atoms with Crippen LogP contribution >= 0.6 is 22.9 Å². The van der Waals surface area contributed by atoms with Gasteiger partial charge in [-0.3, -0.25) is 4.79 Å². The monoisotopic (exact) mass is 319 g/mol. The number of nitrogens with zero attached hydrogens (tertiary/aromatic N) is 3. The van der Waals surface area contributed by atoms with Gasteiger partial charge < -0.3 is 4.57 Å². The molecule has 0 spiro atoms. The molecule has 0 atom stereocenters. The first-order valence-electron chi connectivity index (χ1n) is 6.66. The maximum atomic E-state index is 12.3. The van der Waals surface area contributed by atoms with Crippen molar-refractivity contribution in [3.05, 3.63) is 55.7 Å². The largest absolute Gasteiger partial charge is 0.300 e. The summed E-state index contributed by atoms with van der Waals surface area (Å²) in [5.41, 5.74) is 0.657. The van der Waals surface area contributed by atoms with E-state index in [9.17, 15) is 4.79 Å². The third-order valence-electron chi connectivity index (χ3n) is 3.23. The van der Waals surface area contributed by atoms with Gasteiger partial charge in [-0.2, -0.15) is 0 Å². The van der Waals surface area contributed by atoms with Crippen LogP contribution in [0.1, 0.15) is 29.8 Å². The van der Waals surface area contributed by atoms with Crippen molar-refractivity contribution in [2.24, 2.45) is 0 Å². The molecule has 3 aromatic rings. The van der Waals surface area contributed by atoms with Crippen molar-refractivity contribution in [3.8, 4) is 0 Å². The summed E-state index contributed by atoms with van der Waals surface area (Å²) in [6.07, 6.45) is 0. The maximum Gasteiger partial charge on any atom is 0.270 e. The Morgan fingerprint density at radius 2 is 2.05 bits per heavy atom. The molecule has 0 N–H and O–H groups in total. The van der Waals surface area contributed by atoms with Crippen LogP contribution in [0.3, 0.4) is 0 Å². The highest BCUT2D eigenvalue weighted by Crippen LogP contribution is 2.21. The lowest BCUT2D eigenvalue weighted by Crippen LogP contribution is -2.21. The zero-order valence-corrected chi connectivity index (χ0v) is 13.3. The predicted molar refractivity (Wildman–Crippen MR) is 86.3 cm³/mol. The van der Waals surface area contributed by atoms with Crippen molar-refractivity contribution < 1.29 is 0 Å². The number of halogens is 1. The molecule has 0 fully saturated rings. The number of benzene rings is 1. The zero-order chi connectivity index (χ0) is 15.0. The molecule has 0 aliphatic rings. The number of hydrogen-bond donors (Lipinski definition) is 0. The van der Waals surface area contributed by atoms with Crippen molar-refractivity contribution in [2.75, 3.05) is 0 Å². The lowest BCUT2D eigenvalue weighted by molar-refractivity contribution is 0.764. The van der Waals surface area contributed by atoms with E-state index in [0.29, 0.717) is 12.5 Å². The first-order valence-corrected chi connectivity index (χ1v) is 7.86. The molecule has 0 bridgehead atoms. The summed E-state index contributed by atoms with van der Waals surface area (Å²) in [6, 6.07) is 9.39. The standard InChI is InChI=1S/C15H14ClN3OS/c1-9(2)14-18-17-13(21-14)8-19-12-6-4-3-5-10(12)7-11(16)15(19)20/h3-7,9H,8H2,1-2H3. The van der Waals surface area contributed by atoms with Gasteiger partial charge in [0.05, 0.1) is 12.1 Å². The molecule has 2 aromatic heterocycles. The fourth-order valence-electron chi connectivity index (χ4n) is 2.15. The normalized spacial score (nSPS) is 11.4. The number of hydrogen-bond acceptors (Lipinski definition) is 4. The van der Waals surface area contributed by atoms with Crippen molar-refractivity contribution in [2.45, 2.75) is 26.3 Å². The number of fused-ring (bicyclic) bond motifs is 1. The Hall–Kier alpha value is -1.72. The third-order valence-corrected chi connectivity index (χ3v) is 4.71. The van der Waals surface area contributed by atoms with Crippen LogP contribution in [0, 0.1) is 0 Å². The molecule has 2 heterocycles. The van der Waals surface area contributed by atoms with Gasteiger partial charge in [-0.15, -0.1) is 10.2 Å². The molecular formula is C15H14ClN3OS. The van der Waals surface area contributed by atoms with Crippen LogP contribution in [0.4, 0.5) is 0 Å². The highest BCUT2D eigenvalue weighted by molar-refractivity contribution is 7.11. The molecule has 0 saturated carbocycles. The van der Waals surface area contributed by atoms with E-state index in [0.717, 1.165) is 20.9 Å². The average Bonchev–Trinajstić information content (AvgIpc) is 2.93. The molecule has 108 valence electrons. The predicted octanol–water partition coefficient (Wildman–Crippen LogP) is 3.68. The van der Waals surface area contributed by atoms with Gasteiger partial charge in [0.15, 0.2) is 0 Å². The minimum atomic E-state index is -0.198. The molecular weight excluding hydrogens is 306 g/mol. The number of aromatic nitrogens is 3. The third kappa shape index (κ3) is 2.71. The van der Waals surface area contributed by atoms with Gasteiger partial charge in [-0.25, -0.2) is 0 Å². The fourth-order valence-corrected chi connectivity index (χ4v) is 3.20. The fraction of sp³-hybridized carbons (Fsp3) is 0.267. The van der Waals surface area contributed by atoms with Crippen LogP contribution in [0.15, 0.2) is 35.1 Å². The van der Waals surface area contributed by atoms with Gasteiger partial charge in [-0.05, 0) is 17.5 Å². The van der Waals surface area contributed by atoms with Crippen molar-refractivity contribution in [1.82, 2.24) is 14.8 Å². The molecule has 3 rings (SSSR count). The minimum Gasteiger partial charge on any atom is -0.300 e. The molecule has 1 aromatic carbocycles. The van der Waals surface area contributed by atoms with E-state index >= 15 is 0 Å². The smallest absolute Gasteiger partial charge is 0.270 e. The second kappa shape index (κ2) is 5.58. The second-order valence-corrected chi connectivity index (χ2v) is 6.63. The van der Waals surface area contributed by atoms with Crippen LogP contribution in [-0.2, 0) is 6.54 Å². The Labute approximate surface area is 131 Å². The van der Waals surface area contributed by atoms with Gasteiger partial charge in [0.2, 0.25) is 0 Å². The Kier molecular flexibility index (Phi) is 3.78. The van der Waals surface area contributed by atoms with Crippen molar-refractivity contribution >= 4 is 33.8 Å². The summed E-state index contributed by atoms with van der Waals surface area (Å²) in [5.74, 6) is 0.337. The first kappa shape index (κ1) is 14.2. The molecule has 4 nitrogen and oxygen atoms in total. The summed E-state index contributed by atoms with van der Waals surface area (Å²) in [7, 11) is 0. The van der Waals surface area contributed by atoms with Crippen LogP contribution in [0.25, 0.3) is 10.9 Å². The Balaban J connectivity index is 2.10. The van der Waals surface area contributed by atoms with Crippen LogP contribution in [-0.4, -0.2) is 14.8 Å². The van der Waals surface area contributed by atoms with E-state index in [1.807, 2.05) is 24.3 Å². The SMILES string of the molecule is CC(C)c1nnc(Cn2c(=O)c(Cl)cc3ccccc32)s1. The van der Waals surface area contributed by atoms with Crippen LogP contribution in [0.2, 0.25) is 5.02 Å². The summed E-state index contributed by atoms with van der Waals surface area (Å²) < 4.78 is 1.66. The van der Waals surface area contributed by atoms with Gasteiger partial charge in [0.25, 0.3) is 5.56 Å². The van der Waals surface area contributed by atoms with Gasteiger partial charge in [-0.1, -0.05) is 55.0 Å². The molecule has 0 saturated heterocycles. The van der Waals surface area contributed by atoms with Crippen molar-refractivity contribution in [1.29, 1.82) is 0 Å². The van der Waals surface area contributed by atoms with E-state index < -0.39 is 0 Å². The molecule has 0 unspecified atom stereocenters. The van der Waals surface area contributed by atoms with Gasteiger partial charge in [0, 0.05) is 5.92 Å². The summed E-state index contributed by atoms with van der Waals surface area (Å²) in [4.78, 5) is 12.3. The summed E-state index contributed by atoms with van der Waals surface area (Å²) in [6.45, 7) is 4.54. The Morgan fingerprint density at radius 3 is 2.76 bits per heavy atom. The lowest BCUT2D eigenvalue weighted by atomic mass is 10.2. The highest BCUT2D eigenvalue weighted by atomic mass is 35.5. The van der Waals surface area contributed by atoms with E-state index in [1.54, 1.807) is 10.6 Å². The summed E-state index contributed by atoms with van der Waals surface area (Å²) in [5, 5.41) is 11.3. The van der Waals surface area contributed by atoms with Crippen molar-refractivity contribution in [3.63, 3.8) is 0 Å². The van der Waals surface area contributed by atoms with Gasteiger partial charge in [0.1, 0.15) is 15.0 Å². The zero-order valence-electron chi connectivity index (χ0n) is 11.7. The topological polar surface area (TPSA) is 47.8 Å². The van der Waals surface area contributed by atoms with E-state index in [1.165, 1.54) is 11.3 Å². The molecule has 0 aliphatic heterocycles. The van der Waals surface area contributed by atoms with Crippen LogP contribution < -0.4 is 5.56 Å². The molecule has 0 amide bonds. The first-order chi connectivity index (χ1) is 10.1. The number of pyridine rings is 1. The molecule has 21 heavy (non-hydrogen) atoms. The lowest BCUT2D eigenvalue weighted by Gasteiger charge is -2.09. The van der Waals surface area contributed by atoms with Gasteiger partial charge >= 0.3 is 0 Å². The van der Waals surface area contributed by atoms with Crippen LogP contribution in [0.5, 0.6) is 0 Å². The van der Waals surface area contributed by atoms with E-state index in [2.05, 4.69) is 24.0 Å². The quantitative estimate of drug-likeness (QED) is 0.740. The highest BCUT2D eigenvalue weighted by Gasteiger charge is 2.12. The molecule has 0 radical (unpaired) electrons. The molecule has 6 heteroatoms. The van der Waals surface area contributed by atoms with E-state index in [-0.39, 0.29) is 10.6 Å². The number of para-hydroxylation sites is 1. The Bertz CT molecular complexity index is 853. The Morgan fingerprint density at radius 1 is 1.29 bits per heavy atom. The maximum absolute atomic E-state index is 12.3. The average molecular weight is 320 g/mol. The molecule has 0 aliphatic carbocycles. The minimum absolute atomic E-state index is 0.198. The summed E-state index contributed by atoms with van der Waals surface area (Å²) >= 11 is 7.58. The second-order valence-electron chi connectivity index (χ2n) is 5.13. The van der Waals surface area contributed by atoms with E-state index in [4.69, 9.17) is 11.6 Å².